The topological polar surface area (TPSA) is 43.3 Å². The zero-order valence-corrected chi connectivity index (χ0v) is 14.9. The second-order valence-corrected chi connectivity index (χ2v) is 6.23. The molecule has 0 saturated carbocycles. The molecule has 1 unspecified atom stereocenters. The van der Waals surface area contributed by atoms with Gasteiger partial charge in [0.15, 0.2) is 0 Å². The fourth-order valence-corrected chi connectivity index (χ4v) is 2.99. The fourth-order valence-electron chi connectivity index (χ4n) is 2.82. The van der Waals surface area contributed by atoms with Crippen molar-refractivity contribution in [3.05, 3.63) is 83.4 Å². The van der Waals surface area contributed by atoms with Crippen molar-refractivity contribution in [3.8, 4) is 5.75 Å². The molecular formula is C20H18ClFN2O2. The Hall–Kier alpha value is -2.79. The van der Waals surface area contributed by atoms with Crippen LogP contribution in [0.1, 0.15) is 18.0 Å². The smallest absolute Gasteiger partial charge is 0.226 e. The van der Waals surface area contributed by atoms with Crippen LogP contribution in [0.3, 0.4) is 0 Å². The highest BCUT2D eigenvalue weighted by atomic mass is 35.5. The third kappa shape index (κ3) is 4.24. The summed E-state index contributed by atoms with van der Waals surface area (Å²) in [6.07, 6.45) is 3.83. The van der Waals surface area contributed by atoms with Gasteiger partial charge in [0.1, 0.15) is 11.6 Å². The van der Waals surface area contributed by atoms with Gasteiger partial charge in [0.05, 0.1) is 25.3 Å². The number of methoxy groups -OCH3 is 1. The van der Waals surface area contributed by atoms with E-state index in [1.807, 2.05) is 29.1 Å². The van der Waals surface area contributed by atoms with Gasteiger partial charge in [-0.2, -0.15) is 0 Å². The van der Waals surface area contributed by atoms with Crippen molar-refractivity contribution in [1.82, 2.24) is 4.57 Å². The van der Waals surface area contributed by atoms with Gasteiger partial charge in [0.25, 0.3) is 0 Å². The maximum absolute atomic E-state index is 13.7. The molecule has 3 rings (SSSR count). The molecule has 6 heteroatoms. The normalized spacial score (nSPS) is 11.8. The molecule has 0 spiro atoms. The van der Waals surface area contributed by atoms with E-state index in [1.165, 1.54) is 19.2 Å². The molecule has 1 atom stereocenters. The van der Waals surface area contributed by atoms with Crippen LogP contribution in [0.2, 0.25) is 5.02 Å². The van der Waals surface area contributed by atoms with Crippen LogP contribution in [0.4, 0.5) is 10.1 Å². The number of amides is 1. The second-order valence-electron chi connectivity index (χ2n) is 5.80. The van der Waals surface area contributed by atoms with Crippen molar-refractivity contribution in [2.45, 2.75) is 12.5 Å². The summed E-state index contributed by atoms with van der Waals surface area (Å²) in [5, 5.41) is 3.32. The second kappa shape index (κ2) is 8.06. The minimum Gasteiger partial charge on any atom is -0.495 e. The van der Waals surface area contributed by atoms with Gasteiger partial charge in [0.2, 0.25) is 5.91 Å². The van der Waals surface area contributed by atoms with Gasteiger partial charge in [0, 0.05) is 17.4 Å². The molecule has 1 aromatic heterocycles. The lowest BCUT2D eigenvalue weighted by Crippen LogP contribution is -2.20. The van der Waals surface area contributed by atoms with Gasteiger partial charge in [-0.25, -0.2) is 4.39 Å². The zero-order valence-electron chi connectivity index (χ0n) is 14.2. The summed E-state index contributed by atoms with van der Waals surface area (Å²) in [5.74, 6) is -0.0453. The molecule has 0 radical (unpaired) electrons. The first kappa shape index (κ1) is 18.0. The first-order valence-electron chi connectivity index (χ1n) is 8.08. The lowest BCUT2D eigenvalue weighted by atomic mass is 10.0. The van der Waals surface area contributed by atoms with E-state index in [0.717, 1.165) is 5.56 Å². The largest absolute Gasteiger partial charge is 0.495 e. The molecule has 0 saturated heterocycles. The van der Waals surface area contributed by atoms with Crippen LogP contribution in [-0.2, 0) is 4.79 Å². The number of rotatable bonds is 6. The molecule has 1 N–H and O–H groups in total. The summed E-state index contributed by atoms with van der Waals surface area (Å²) in [6.45, 7) is 0. The molecule has 0 aliphatic carbocycles. The third-order valence-corrected chi connectivity index (χ3v) is 4.27. The molecule has 2 aromatic carbocycles. The fraction of sp³-hybridized carbons (Fsp3) is 0.150. The molecule has 1 amide bonds. The Balaban J connectivity index is 1.83. The highest BCUT2D eigenvalue weighted by molar-refractivity contribution is 6.31. The van der Waals surface area contributed by atoms with Crippen molar-refractivity contribution >= 4 is 23.2 Å². The highest BCUT2D eigenvalue weighted by Crippen LogP contribution is 2.29. The predicted molar refractivity (Wildman–Crippen MR) is 100 cm³/mol. The van der Waals surface area contributed by atoms with Gasteiger partial charge in [-0.15, -0.1) is 0 Å². The summed E-state index contributed by atoms with van der Waals surface area (Å²) in [6, 6.07) is 14.7. The Morgan fingerprint density at radius 2 is 1.96 bits per heavy atom. The van der Waals surface area contributed by atoms with E-state index >= 15 is 0 Å². The summed E-state index contributed by atoms with van der Waals surface area (Å²) in [7, 11) is 1.52. The van der Waals surface area contributed by atoms with Crippen LogP contribution in [0, 0.1) is 5.82 Å². The molecule has 1 heterocycles. The van der Waals surface area contributed by atoms with Crippen LogP contribution in [0.15, 0.2) is 67.0 Å². The van der Waals surface area contributed by atoms with E-state index in [1.54, 1.807) is 30.3 Å². The molecule has 26 heavy (non-hydrogen) atoms. The minimum absolute atomic E-state index is 0.133. The summed E-state index contributed by atoms with van der Waals surface area (Å²) in [4.78, 5) is 12.6. The van der Waals surface area contributed by atoms with E-state index in [-0.39, 0.29) is 24.2 Å². The van der Waals surface area contributed by atoms with Gasteiger partial charge in [-0.05, 0) is 48.0 Å². The van der Waals surface area contributed by atoms with Crippen LogP contribution in [0.5, 0.6) is 5.75 Å². The van der Waals surface area contributed by atoms with Crippen molar-refractivity contribution in [2.24, 2.45) is 0 Å². The van der Waals surface area contributed by atoms with Gasteiger partial charge >= 0.3 is 0 Å². The lowest BCUT2D eigenvalue weighted by Gasteiger charge is -2.20. The average molecular weight is 373 g/mol. The van der Waals surface area contributed by atoms with Crippen LogP contribution < -0.4 is 10.1 Å². The Bertz CT molecular complexity index is 897. The Morgan fingerprint density at radius 1 is 1.19 bits per heavy atom. The van der Waals surface area contributed by atoms with Crippen LogP contribution >= 0.6 is 11.6 Å². The number of hydrogen-bond donors (Lipinski definition) is 1. The van der Waals surface area contributed by atoms with Gasteiger partial charge < -0.3 is 14.6 Å². The Morgan fingerprint density at radius 3 is 2.65 bits per heavy atom. The standard InChI is InChI=1S/C20H18ClFN2O2/c1-26-19-8-7-15(21)12-17(19)23-20(25)13-18(24-9-2-3-10-24)14-5-4-6-16(22)11-14/h2-12,18H,13H2,1H3,(H,23,25). The quantitative estimate of drug-likeness (QED) is 0.668. The number of anilines is 1. The molecular weight excluding hydrogens is 355 g/mol. The molecule has 4 nitrogen and oxygen atoms in total. The van der Waals surface area contributed by atoms with Crippen molar-refractivity contribution < 1.29 is 13.9 Å². The van der Waals surface area contributed by atoms with E-state index in [4.69, 9.17) is 16.3 Å². The molecule has 0 aliphatic heterocycles. The van der Waals surface area contributed by atoms with E-state index in [0.29, 0.717) is 16.5 Å². The summed E-state index contributed by atoms with van der Waals surface area (Å²) in [5.41, 5.74) is 1.21. The number of carbonyl (C=O) groups is 1. The maximum Gasteiger partial charge on any atom is 0.226 e. The van der Waals surface area contributed by atoms with Crippen molar-refractivity contribution in [1.29, 1.82) is 0 Å². The van der Waals surface area contributed by atoms with Crippen molar-refractivity contribution in [3.63, 3.8) is 0 Å². The first-order chi connectivity index (χ1) is 12.6. The highest BCUT2D eigenvalue weighted by Gasteiger charge is 2.19. The molecule has 0 fully saturated rings. The summed E-state index contributed by atoms with van der Waals surface area (Å²) < 4.78 is 20.8. The predicted octanol–water partition coefficient (Wildman–Crippen LogP) is 4.91. The number of halogens is 2. The van der Waals surface area contributed by atoms with E-state index in [2.05, 4.69) is 5.32 Å². The average Bonchev–Trinajstić information content (AvgIpc) is 3.14. The SMILES string of the molecule is COc1ccc(Cl)cc1NC(=O)CC(c1cccc(F)c1)n1cccc1. The van der Waals surface area contributed by atoms with E-state index in [9.17, 15) is 9.18 Å². The monoisotopic (exact) mass is 372 g/mol. The third-order valence-electron chi connectivity index (χ3n) is 4.04. The number of carbonyl (C=O) groups excluding carboxylic acids is 1. The van der Waals surface area contributed by atoms with Gasteiger partial charge in [-0.1, -0.05) is 23.7 Å². The number of nitrogens with zero attached hydrogens (tertiary/aromatic N) is 1. The maximum atomic E-state index is 13.7. The number of benzene rings is 2. The number of ether oxygens (including phenoxy) is 1. The lowest BCUT2D eigenvalue weighted by molar-refractivity contribution is -0.116. The van der Waals surface area contributed by atoms with E-state index < -0.39 is 0 Å². The Kier molecular flexibility index (Phi) is 5.58. The van der Waals surface area contributed by atoms with Crippen molar-refractivity contribution in [2.75, 3.05) is 12.4 Å². The number of aromatic nitrogens is 1. The van der Waals surface area contributed by atoms with Crippen LogP contribution in [0.25, 0.3) is 0 Å². The molecule has 134 valence electrons. The Labute approximate surface area is 156 Å². The zero-order chi connectivity index (χ0) is 18.5. The van der Waals surface area contributed by atoms with Gasteiger partial charge in [-0.3, -0.25) is 4.79 Å². The molecule has 0 aliphatic rings. The first-order valence-corrected chi connectivity index (χ1v) is 8.46. The molecule has 3 aromatic rings. The summed E-state index contributed by atoms with van der Waals surface area (Å²) >= 11 is 6.00. The minimum atomic E-state index is -0.337. The van der Waals surface area contributed by atoms with Crippen LogP contribution in [-0.4, -0.2) is 17.6 Å². The number of nitrogens with one attached hydrogen (secondary N) is 1. The molecule has 0 bridgehead atoms. The number of hydrogen-bond acceptors (Lipinski definition) is 2.